The van der Waals surface area contributed by atoms with E-state index < -0.39 is 6.85 Å². The minimum absolute atomic E-state index is 0. The number of pyridine rings is 3. The molecule has 9 rings (SSSR count). The Morgan fingerprint density at radius 3 is 1.24 bits per heavy atom. The molecule has 0 radical (unpaired) electrons. The molecule has 0 spiro atoms. The Balaban J connectivity index is 0.00000880. The van der Waals surface area contributed by atoms with Gasteiger partial charge in [0.15, 0.2) is 0 Å². The van der Waals surface area contributed by atoms with Crippen LogP contribution in [0.3, 0.4) is 0 Å². The number of aromatic nitrogens is 3. The zero-order chi connectivity index (χ0) is 58.3. The Morgan fingerprint density at radius 2 is 0.886 bits per heavy atom. The van der Waals surface area contributed by atoms with Crippen LogP contribution in [0.5, 0.6) is 0 Å². The topological polar surface area (TPSA) is 38.7 Å². The van der Waals surface area contributed by atoms with E-state index in [0.29, 0.717) is 17.2 Å². The van der Waals surface area contributed by atoms with Crippen molar-refractivity contribution in [3.63, 3.8) is 0 Å². The van der Waals surface area contributed by atoms with Gasteiger partial charge in [-0.1, -0.05) is 158 Å². The molecule has 1 fully saturated rings. The van der Waals surface area contributed by atoms with Gasteiger partial charge < -0.3 is 15.0 Å². The minimum Gasteiger partial charge on any atom is -0.305 e. The molecule has 5 aromatic carbocycles. The largest absolute Gasteiger partial charge is 3.00 e. The molecule has 79 heavy (non-hydrogen) atoms. The molecular weight excluding hydrogens is 1140 g/mol. The van der Waals surface area contributed by atoms with Crippen LogP contribution in [0.2, 0.25) is 0 Å². The van der Waals surface area contributed by atoms with E-state index in [2.05, 4.69) is 236 Å². The number of benzene rings is 5. The first-order chi connectivity index (χ1) is 38.0. The van der Waals surface area contributed by atoms with Crippen molar-refractivity contribution < 1.29 is 24.2 Å². The third-order valence-corrected chi connectivity index (χ3v) is 17.2. The maximum atomic E-state index is 8.46. The first-order valence-corrected chi connectivity index (χ1v) is 28.8. The van der Waals surface area contributed by atoms with Crippen LogP contribution in [-0.4, -0.2) is 15.0 Å². The van der Waals surface area contributed by atoms with Crippen molar-refractivity contribution in [2.45, 2.75) is 182 Å². The number of rotatable bonds is 15. The molecule has 1 aliphatic rings. The molecule has 3 heterocycles. The van der Waals surface area contributed by atoms with Gasteiger partial charge in [-0.2, -0.15) is 0 Å². The third-order valence-electron chi connectivity index (χ3n) is 17.2. The molecule has 8 aromatic rings. The molecule has 0 aliphatic heterocycles. The average Bonchev–Trinajstić information content (AvgIpc) is 3.47. The van der Waals surface area contributed by atoms with Crippen LogP contribution in [0, 0.1) is 36.9 Å². The van der Waals surface area contributed by atoms with Gasteiger partial charge in [-0.05, 0) is 176 Å². The number of nitrogens with zero attached hydrogens (tertiary/aromatic N) is 3. The van der Waals surface area contributed by atoms with Crippen LogP contribution < -0.4 is 0 Å². The van der Waals surface area contributed by atoms with Crippen LogP contribution in [0.4, 0.5) is 0 Å². The zero-order valence-electron chi connectivity index (χ0n) is 52.7. The zero-order valence-corrected chi connectivity index (χ0v) is 52.1. The van der Waals surface area contributed by atoms with E-state index in [1.54, 1.807) is 6.20 Å². The summed E-state index contributed by atoms with van der Waals surface area (Å²) >= 11 is 0. The Kier molecular flexibility index (Phi) is 16.6. The van der Waals surface area contributed by atoms with Gasteiger partial charge in [0.1, 0.15) is 0 Å². The van der Waals surface area contributed by atoms with Gasteiger partial charge in [-0.25, -0.2) is 0 Å². The van der Waals surface area contributed by atoms with E-state index in [9.17, 15) is 0 Å². The number of hydrogen-bond acceptors (Lipinski definition) is 3. The maximum Gasteiger partial charge on any atom is 3.00 e. The SMILES string of the molecule is [2H]C([2H])([2H])c1cnc(-c2[c-]cc(C(C)(C)Cc3cc(CC(C)(C)c4c[c-]c(-c5cc(C(C)(C)C)ccn5)cc4)cc(CC(C)(C)c4c[c-]c(-c5cc(C(C)(C)C)ccn5)cc4)c3)cc2)cc1-c1ccc(C2CCC(C(C)C)CC2)cc1.[Ir+3]. The van der Waals surface area contributed by atoms with Gasteiger partial charge in [0.25, 0.3) is 0 Å². The summed E-state index contributed by atoms with van der Waals surface area (Å²) in [7, 11) is 0. The van der Waals surface area contributed by atoms with Crippen LogP contribution in [0.1, 0.15) is 188 Å². The Morgan fingerprint density at radius 1 is 0.481 bits per heavy atom. The quantitative estimate of drug-likeness (QED) is 0.0960. The first-order valence-electron chi connectivity index (χ1n) is 30.3. The molecule has 4 heteroatoms. The van der Waals surface area contributed by atoms with Crippen molar-refractivity contribution in [3.05, 3.63) is 220 Å². The van der Waals surface area contributed by atoms with Crippen molar-refractivity contribution >= 4 is 0 Å². The van der Waals surface area contributed by atoms with Gasteiger partial charge in [-0.15, -0.1) is 106 Å². The summed E-state index contributed by atoms with van der Waals surface area (Å²) in [5.74, 6) is 2.08. The van der Waals surface area contributed by atoms with Crippen molar-refractivity contribution in [2.24, 2.45) is 11.8 Å². The van der Waals surface area contributed by atoms with Crippen molar-refractivity contribution in [1.82, 2.24) is 15.0 Å². The van der Waals surface area contributed by atoms with Crippen LogP contribution >= 0.6 is 0 Å². The predicted molar refractivity (Wildman–Crippen MR) is 329 cm³/mol. The van der Waals surface area contributed by atoms with Crippen LogP contribution in [0.15, 0.2) is 146 Å². The molecular formula is C75H86IrN3. The van der Waals surface area contributed by atoms with E-state index in [1.807, 2.05) is 18.5 Å². The standard InChI is InChI=1S/C75H86N3.Ir/c1-50(2)55-16-18-56(19-17-55)57-20-22-58(23-21-57)67-45-70(78-49-51(67)3)61-28-34-64(35-29-61)75(14,15)48-54-41-52(46-73(10,11)62-30-24-59(25-31-62)68-43-65(36-38-76-68)71(4,5)6)40-53(42-54)47-74(12,13)63-32-26-60(27-33-63)69-44-66(37-39-77-69)72(7,8)9;/h20-24,26,28,30-45,49-50,55-56H,16-19,46-48H2,1-15H3;/q-3;+3/i3D3;. The van der Waals surface area contributed by atoms with Crippen molar-refractivity contribution in [3.8, 4) is 44.9 Å². The molecule has 3 aromatic heterocycles. The van der Waals surface area contributed by atoms with E-state index in [1.165, 1.54) is 75.8 Å². The molecule has 3 nitrogen and oxygen atoms in total. The summed E-state index contributed by atoms with van der Waals surface area (Å²) in [6.45, 7) is 29.8. The van der Waals surface area contributed by atoms with Gasteiger partial charge in [0.05, 0.1) is 0 Å². The van der Waals surface area contributed by atoms with Crippen LogP contribution in [0.25, 0.3) is 44.9 Å². The number of hydrogen-bond donors (Lipinski definition) is 0. The second-order valence-electron chi connectivity index (χ2n) is 27.3. The molecule has 0 saturated heterocycles. The predicted octanol–water partition coefficient (Wildman–Crippen LogP) is 19.3. The fourth-order valence-corrected chi connectivity index (χ4v) is 12.0. The summed E-state index contributed by atoms with van der Waals surface area (Å²) in [6.07, 6.45) is 12.8. The fourth-order valence-electron chi connectivity index (χ4n) is 12.0. The molecule has 1 aliphatic carbocycles. The Bertz CT molecular complexity index is 3310. The van der Waals surface area contributed by atoms with Gasteiger partial charge in [0, 0.05) is 22.7 Å². The summed E-state index contributed by atoms with van der Waals surface area (Å²) in [6, 6.07) is 57.0. The molecule has 0 amide bonds. The molecule has 410 valence electrons. The summed E-state index contributed by atoms with van der Waals surface area (Å²) < 4.78 is 25.4. The summed E-state index contributed by atoms with van der Waals surface area (Å²) in [5, 5.41) is 0. The monoisotopic (exact) mass is 1220 g/mol. The normalized spacial score (nSPS) is 16.2. The molecule has 0 atom stereocenters. The second-order valence-corrected chi connectivity index (χ2v) is 27.3. The maximum absolute atomic E-state index is 8.46. The van der Waals surface area contributed by atoms with Gasteiger partial charge in [-0.3, -0.25) is 0 Å². The minimum atomic E-state index is -2.31. The number of aryl methyl sites for hydroxylation is 1. The Hall–Kier alpha value is -5.80. The van der Waals surface area contributed by atoms with E-state index in [0.717, 1.165) is 64.7 Å². The van der Waals surface area contributed by atoms with Crippen molar-refractivity contribution in [1.29, 1.82) is 0 Å². The molecule has 0 unspecified atom stereocenters. The average molecular weight is 1220 g/mol. The van der Waals surface area contributed by atoms with Gasteiger partial charge in [0.2, 0.25) is 0 Å². The first kappa shape index (κ1) is 55.1. The van der Waals surface area contributed by atoms with Crippen LogP contribution in [-0.2, 0) is 66.4 Å². The summed E-state index contributed by atoms with van der Waals surface area (Å²) in [5.41, 5.74) is 18.2. The smallest absolute Gasteiger partial charge is 0.305 e. The van der Waals surface area contributed by atoms with E-state index in [-0.39, 0.29) is 52.7 Å². The molecule has 1 saturated carbocycles. The van der Waals surface area contributed by atoms with Crippen molar-refractivity contribution in [2.75, 3.05) is 0 Å². The molecule has 0 bridgehead atoms. The second kappa shape index (κ2) is 23.7. The summed E-state index contributed by atoms with van der Waals surface area (Å²) in [4.78, 5) is 14.2. The van der Waals surface area contributed by atoms with Gasteiger partial charge >= 0.3 is 20.1 Å². The van der Waals surface area contributed by atoms with E-state index >= 15 is 0 Å². The molecule has 0 N–H and O–H groups in total. The fraction of sp³-hybridized carbons (Fsp3) is 0.400. The third kappa shape index (κ3) is 14.2. The Labute approximate surface area is 494 Å². The van der Waals surface area contributed by atoms with E-state index in [4.69, 9.17) is 19.1 Å².